The summed E-state index contributed by atoms with van der Waals surface area (Å²) in [6.45, 7) is 10.7. The predicted molar refractivity (Wildman–Crippen MR) is 76.0 cm³/mol. The van der Waals surface area contributed by atoms with Crippen LogP contribution in [0.5, 0.6) is 5.75 Å². The van der Waals surface area contributed by atoms with E-state index in [1.807, 2.05) is 19.1 Å². The van der Waals surface area contributed by atoms with E-state index < -0.39 is 0 Å². The number of ether oxygens (including phenoxy) is 1. The van der Waals surface area contributed by atoms with Gasteiger partial charge in [0.15, 0.2) is 0 Å². The summed E-state index contributed by atoms with van der Waals surface area (Å²) in [6.07, 6.45) is 4.25. The Morgan fingerprint density at radius 1 is 1.33 bits per heavy atom. The van der Waals surface area contributed by atoms with Crippen molar-refractivity contribution in [2.75, 3.05) is 13.1 Å². The van der Waals surface area contributed by atoms with Gasteiger partial charge in [-0.1, -0.05) is 13.8 Å². The maximum atomic E-state index is 5.88. The number of aromatic nitrogens is 1. The van der Waals surface area contributed by atoms with Crippen molar-refractivity contribution in [2.24, 2.45) is 5.92 Å². The zero-order valence-electron chi connectivity index (χ0n) is 12.1. The Morgan fingerprint density at radius 3 is 2.78 bits per heavy atom. The monoisotopic (exact) mass is 250 g/mol. The van der Waals surface area contributed by atoms with Crippen molar-refractivity contribution in [1.82, 2.24) is 10.3 Å². The molecule has 0 aromatic carbocycles. The van der Waals surface area contributed by atoms with E-state index >= 15 is 0 Å². The summed E-state index contributed by atoms with van der Waals surface area (Å²) in [4.78, 5) is 4.22. The SMILES string of the molecule is Cc1ncccc1OC(C)CCCNCC(C)C. The van der Waals surface area contributed by atoms with Crippen LogP contribution in [0.4, 0.5) is 0 Å². The van der Waals surface area contributed by atoms with Crippen molar-refractivity contribution in [3.8, 4) is 5.75 Å². The van der Waals surface area contributed by atoms with E-state index in [1.54, 1.807) is 6.20 Å². The predicted octanol–water partition coefficient (Wildman–Crippen LogP) is 3.18. The molecule has 0 saturated heterocycles. The molecule has 3 nitrogen and oxygen atoms in total. The second-order valence-corrected chi connectivity index (χ2v) is 5.26. The van der Waals surface area contributed by atoms with Crippen LogP contribution in [0.2, 0.25) is 0 Å². The van der Waals surface area contributed by atoms with Crippen LogP contribution in [0.15, 0.2) is 18.3 Å². The van der Waals surface area contributed by atoms with Crippen molar-refractivity contribution in [2.45, 2.75) is 46.6 Å². The van der Waals surface area contributed by atoms with E-state index in [4.69, 9.17) is 4.74 Å². The van der Waals surface area contributed by atoms with E-state index in [0.717, 1.165) is 43.3 Å². The minimum atomic E-state index is 0.244. The highest BCUT2D eigenvalue weighted by Crippen LogP contribution is 2.16. The summed E-state index contributed by atoms with van der Waals surface area (Å²) >= 11 is 0. The summed E-state index contributed by atoms with van der Waals surface area (Å²) < 4.78 is 5.88. The fourth-order valence-electron chi connectivity index (χ4n) is 1.77. The van der Waals surface area contributed by atoms with Gasteiger partial charge >= 0.3 is 0 Å². The number of pyridine rings is 1. The zero-order valence-corrected chi connectivity index (χ0v) is 12.1. The molecule has 0 fully saturated rings. The maximum absolute atomic E-state index is 5.88. The topological polar surface area (TPSA) is 34.1 Å². The molecule has 1 aromatic rings. The van der Waals surface area contributed by atoms with Crippen molar-refractivity contribution in [3.05, 3.63) is 24.0 Å². The number of aryl methyl sites for hydroxylation is 1. The third-order valence-electron chi connectivity index (χ3n) is 2.80. The normalized spacial score (nSPS) is 12.7. The molecular weight excluding hydrogens is 224 g/mol. The molecule has 0 bridgehead atoms. The van der Waals surface area contributed by atoms with Crippen LogP contribution < -0.4 is 10.1 Å². The molecule has 18 heavy (non-hydrogen) atoms. The maximum Gasteiger partial charge on any atom is 0.140 e. The van der Waals surface area contributed by atoms with E-state index in [1.165, 1.54) is 0 Å². The van der Waals surface area contributed by atoms with Crippen LogP contribution in [0.3, 0.4) is 0 Å². The first-order valence-electron chi connectivity index (χ1n) is 6.88. The minimum absolute atomic E-state index is 0.244. The van der Waals surface area contributed by atoms with Gasteiger partial charge in [0.25, 0.3) is 0 Å². The fraction of sp³-hybridized carbons (Fsp3) is 0.667. The largest absolute Gasteiger partial charge is 0.489 e. The number of hydrogen-bond donors (Lipinski definition) is 1. The van der Waals surface area contributed by atoms with Crippen LogP contribution >= 0.6 is 0 Å². The van der Waals surface area contributed by atoms with Gasteiger partial charge in [-0.05, 0) is 57.8 Å². The molecule has 1 unspecified atom stereocenters. The Balaban J connectivity index is 2.18. The third-order valence-corrected chi connectivity index (χ3v) is 2.80. The number of rotatable bonds is 8. The van der Waals surface area contributed by atoms with Gasteiger partial charge in [0.2, 0.25) is 0 Å². The van der Waals surface area contributed by atoms with Gasteiger partial charge in [0.1, 0.15) is 5.75 Å². The second-order valence-electron chi connectivity index (χ2n) is 5.26. The van der Waals surface area contributed by atoms with Crippen LogP contribution in [-0.4, -0.2) is 24.2 Å². The van der Waals surface area contributed by atoms with Gasteiger partial charge in [0, 0.05) is 6.20 Å². The van der Waals surface area contributed by atoms with Crippen LogP contribution in [0.1, 0.15) is 39.3 Å². The molecule has 0 radical (unpaired) electrons. The molecule has 1 atom stereocenters. The fourth-order valence-corrected chi connectivity index (χ4v) is 1.77. The van der Waals surface area contributed by atoms with Gasteiger partial charge in [-0.25, -0.2) is 0 Å². The van der Waals surface area contributed by atoms with Crippen LogP contribution in [-0.2, 0) is 0 Å². The molecule has 0 aliphatic heterocycles. The number of hydrogen-bond acceptors (Lipinski definition) is 3. The summed E-state index contributed by atoms with van der Waals surface area (Å²) in [5.41, 5.74) is 0.960. The Kier molecular flexibility index (Phi) is 6.73. The lowest BCUT2D eigenvalue weighted by Crippen LogP contribution is -2.22. The number of nitrogens with zero attached hydrogens (tertiary/aromatic N) is 1. The molecule has 1 heterocycles. The Bertz CT molecular complexity index is 339. The molecule has 1 rings (SSSR count). The lowest BCUT2D eigenvalue weighted by molar-refractivity contribution is 0.205. The smallest absolute Gasteiger partial charge is 0.140 e. The molecule has 1 aromatic heterocycles. The van der Waals surface area contributed by atoms with Crippen LogP contribution in [0.25, 0.3) is 0 Å². The molecule has 0 aliphatic carbocycles. The van der Waals surface area contributed by atoms with Gasteiger partial charge < -0.3 is 10.1 Å². The third kappa shape index (κ3) is 6.01. The average molecular weight is 250 g/mol. The standard InChI is InChI=1S/C15H26N2O/c1-12(2)11-16-9-5-7-13(3)18-15-8-6-10-17-14(15)4/h6,8,10,12-13,16H,5,7,9,11H2,1-4H3. The molecule has 0 spiro atoms. The first-order valence-corrected chi connectivity index (χ1v) is 6.88. The molecule has 0 saturated carbocycles. The highest BCUT2D eigenvalue weighted by Gasteiger charge is 2.06. The highest BCUT2D eigenvalue weighted by molar-refractivity contribution is 5.25. The quantitative estimate of drug-likeness (QED) is 0.720. The molecule has 1 N–H and O–H groups in total. The van der Waals surface area contributed by atoms with Crippen LogP contribution in [0, 0.1) is 12.8 Å². The minimum Gasteiger partial charge on any atom is -0.489 e. The van der Waals surface area contributed by atoms with Crippen molar-refractivity contribution in [1.29, 1.82) is 0 Å². The summed E-state index contributed by atoms with van der Waals surface area (Å²) in [6, 6.07) is 3.90. The van der Waals surface area contributed by atoms with Gasteiger partial charge in [-0.15, -0.1) is 0 Å². The Hall–Kier alpha value is -1.09. The van der Waals surface area contributed by atoms with Gasteiger partial charge in [-0.3, -0.25) is 4.98 Å². The molecule has 0 aliphatic rings. The first-order chi connectivity index (χ1) is 8.59. The van der Waals surface area contributed by atoms with E-state index in [-0.39, 0.29) is 6.10 Å². The zero-order chi connectivity index (χ0) is 13.4. The molecule has 3 heteroatoms. The number of nitrogens with one attached hydrogen (secondary N) is 1. The first kappa shape index (κ1) is 15.0. The van der Waals surface area contributed by atoms with Gasteiger partial charge in [-0.2, -0.15) is 0 Å². The molecular formula is C15H26N2O. The lowest BCUT2D eigenvalue weighted by atomic mass is 10.2. The van der Waals surface area contributed by atoms with Crippen molar-refractivity contribution < 1.29 is 4.74 Å². The van der Waals surface area contributed by atoms with E-state index in [2.05, 4.69) is 31.1 Å². The summed E-state index contributed by atoms with van der Waals surface area (Å²) in [7, 11) is 0. The van der Waals surface area contributed by atoms with Crippen molar-refractivity contribution >= 4 is 0 Å². The lowest BCUT2D eigenvalue weighted by Gasteiger charge is -2.16. The molecule has 102 valence electrons. The summed E-state index contributed by atoms with van der Waals surface area (Å²) in [5.74, 6) is 1.62. The molecule has 0 amide bonds. The highest BCUT2D eigenvalue weighted by atomic mass is 16.5. The Morgan fingerprint density at radius 2 is 2.11 bits per heavy atom. The Labute approximate surface area is 111 Å². The van der Waals surface area contributed by atoms with E-state index in [0.29, 0.717) is 0 Å². The second kappa shape index (κ2) is 8.09. The van der Waals surface area contributed by atoms with E-state index in [9.17, 15) is 0 Å². The van der Waals surface area contributed by atoms with Gasteiger partial charge in [0.05, 0.1) is 11.8 Å². The van der Waals surface area contributed by atoms with Crippen molar-refractivity contribution in [3.63, 3.8) is 0 Å². The average Bonchev–Trinajstić information content (AvgIpc) is 2.31. The summed E-state index contributed by atoms with van der Waals surface area (Å²) in [5, 5.41) is 3.45.